The van der Waals surface area contributed by atoms with Crippen LogP contribution in [0, 0.1) is 24.4 Å². The van der Waals surface area contributed by atoms with Crippen LogP contribution < -0.4 is 5.73 Å². The van der Waals surface area contributed by atoms with Gasteiger partial charge in [0.2, 0.25) is 11.7 Å². The van der Waals surface area contributed by atoms with Gasteiger partial charge in [0.15, 0.2) is 11.6 Å². The van der Waals surface area contributed by atoms with E-state index in [4.69, 9.17) is 5.73 Å². The van der Waals surface area contributed by atoms with Crippen LogP contribution in [-0.2, 0) is 30.5 Å². The fourth-order valence-corrected chi connectivity index (χ4v) is 3.39. The molecule has 2 N–H and O–H groups in total. The Morgan fingerprint density at radius 2 is 1.80 bits per heavy atom. The Morgan fingerprint density at radius 3 is 2.43 bits per heavy atom. The number of halogens is 7. The molecule has 0 radical (unpaired) electrons. The quantitative estimate of drug-likeness (QED) is 0.567. The van der Waals surface area contributed by atoms with E-state index in [1.165, 1.54) is 11.8 Å². The molecule has 0 aliphatic carbocycles. The summed E-state index contributed by atoms with van der Waals surface area (Å²) < 4.78 is 80.2. The van der Waals surface area contributed by atoms with Crippen molar-refractivity contribution >= 4 is 18.3 Å². The summed E-state index contributed by atoms with van der Waals surface area (Å²) >= 11 is 0. The number of aromatic nitrogens is 2. The maximum atomic E-state index is 13.7. The standard InChI is InChI=1S/C18H18F6N4O.ClH/c1-9-15-8-27(2-3-28(15)17(26-9)18(22,23)24)16(29)6-11(25)4-10-5-13(20)14(21)7-12(10)19;/h5,7,11H,2-4,6,8,25H2,1H3;1H/t11-;/m1./s1. The number of nitrogens with two attached hydrogens (primary N) is 1. The van der Waals surface area contributed by atoms with Crippen LogP contribution in [-0.4, -0.2) is 32.9 Å². The van der Waals surface area contributed by atoms with Gasteiger partial charge in [-0.3, -0.25) is 4.79 Å². The van der Waals surface area contributed by atoms with Crippen molar-refractivity contribution in [3.63, 3.8) is 0 Å². The van der Waals surface area contributed by atoms with Crippen LogP contribution in [0.25, 0.3) is 0 Å². The Bertz CT molecular complexity index is 946. The summed E-state index contributed by atoms with van der Waals surface area (Å²) in [7, 11) is 0. The minimum atomic E-state index is -4.59. The van der Waals surface area contributed by atoms with Gasteiger partial charge in [-0.25, -0.2) is 18.2 Å². The molecule has 1 amide bonds. The van der Waals surface area contributed by atoms with E-state index in [0.717, 1.165) is 4.57 Å². The molecule has 1 aliphatic rings. The number of aryl methyl sites for hydroxylation is 1. The highest BCUT2D eigenvalue weighted by Gasteiger charge is 2.39. The molecule has 12 heteroatoms. The smallest absolute Gasteiger partial charge is 0.335 e. The molecule has 1 aromatic heterocycles. The Labute approximate surface area is 174 Å². The van der Waals surface area contributed by atoms with Crippen LogP contribution in [0.2, 0.25) is 0 Å². The molecular weight excluding hydrogens is 438 g/mol. The topological polar surface area (TPSA) is 64.2 Å². The zero-order valence-corrected chi connectivity index (χ0v) is 16.6. The average Bonchev–Trinajstić information content (AvgIpc) is 2.96. The molecule has 166 valence electrons. The molecule has 30 heavy (non-hydrogen) atoms. The van der Waals surface area contributed by atoms with Crippen LogP contribution in [0.4, 0.5) is 26.3 Å². The van der Waals surface area contributed by atoms with Gasteiger partial charge in [0.1, 0.15) is 5.82 Å². The van der Waals surface area contributed by atoms with E-state index in [1.807, 2.05) is 0 Å². The maximum absolute atomic E-state index is 13.7. The third-order valence-electron chi connectivity index (χ3n) is 4.82. The monoisotopic (exact) mass is 456 g/mol. The first-order valence-electron chi connectivity index (χ1n) is 8.77. The zero-order chi connectivity index (χ0) is 21.5. The van der Waals surface area contributed by atoms with Crippen molar-refractivity contribution < 1.29 is 31.1 Å². The van der Waals surface area contributed by atoms with Crippen LogP contribution in [0.15, 0.2) is 12.1 Å². The van der Waals surface area contributed by atoms with Crippen molar-refractivity contribution in [2.45, 2.75) is 45.1 Å². The summed E-state index contributed by atoms with van der Waals surface area (Å²) in [5, 5.41) is 0. The molecule has 0 spiro atoms. The molecule has 0 unspecified atom stereocenters. The summed E-state index contributed by atoms with van der Waals surface area (Å²) in [6, 6.07) is 0.225. The van der Waals surface area contributed by atoms with E-state index in [2.05, 4.69) is 4.98 Å². The minimum Gasteiger partial charge on any atom is -0.335 e. The molecule has 2 heterocycles. The molecule has 1 aliphatic heterocycles. The molecule has 1 aromatic carbocycles. The van der Waals surface area contributed by atoms with E-state index < -0.39 is 41.4 Å². The first-order chi connectivity index (χ1) is 13.5. The molecule has 0 fully saturated rings. The van der Waals surface area contributed by atoms with Crippen molar-refractivity contribution in [1.82, 2.24) is 14.5 Å². The molecule has 0 saturated heterocycles. The third-order valence-corrected chi connectivity index (χ3v) is 4.82. The average molecular weight is 457 g/mol. The number of carbonyl (C=O) groups is 1. The highest BCUT2D eigenvalue weighted by Crippen LogP contribution is 2.32. The number of amides is 1. The fourth-order valence-electron chi connectivity index (χ4n) is 3.39. The maximum Gasteiger partial charge on any atom is 0.449 e. The van der Waals surface area contributed by atoms with E-state index in [1.54, 1.807) is 0 Å². The lowest BCUT2D eigenvalue weighted by atomic mass is 10.0. The molecule has 5 nitrogen and oxygen atoms in total. The van der Waals surface area contributed by atoms with Gasteiger partial charge in [-0.15, -0.1) is 12.4 Å². The van der Waals surface area contributed by atoms with Crippen LogP contribution >= 0.6 is 12.4 Å². The lowest BCUT2D eigenvalue weighted by Crippen LogP contribution is -2.42. The summed E-state index contributed by atoms with van der Waals surface area (Å²) in [4.78, 5) is 17.4. The highest BCUT2D eigenvalue weighted by molar-refractivity contribution is 5.85. The zero-order valence-electron chi connectivity index (χ0n) is 15.8. The molecular formula is C18H19ClF6N4O. The summed E-state index contributed by atoms with van der Waals surface area (Å²) in [6.07, 6.45) is -5.01. The number of carbonyl (C=O) groups excluding carboxylic acids is 1. The number of rotatable bonds is 4. The molecule has 3 rings (SSSR count). The normalized spacial score (nSPS) is 14.9. The Balaban J connectivity index is 0.00000320. The van der Waals surface area contributed by atoms with Gasteiger partial charge in [-0.2, -0.15) is 13.2 Å². The number of benzene rings is 1. The van der Waals surface area contributed by atoms with Crippen LogP contribution in [0.1, 0.15) is 29.2 Å². The minimum absolute atomic E-state index is 0. The number of hydrogen-bond acceptors (Lipinski definition) is 3. The van der Waals surface area contributed by atoms with Crippen molar-refractivity contribution in [3.8, 4) is 0 Å². The number of hydrogen-bond donors (Lipinski definition) is 1. The molecule has 1 atom stereocenters. The number of fused-ring (bicyclic) bond motifs is 1. The van der Waals surface area contributed by atoms with Crippen molar-refractivity contribution in [3.05, 3.63) is 52.4 Å². The Hall–Kier alpha value is -2.27. The number of nitrogens with zero attached hydrogens (tertiary/aromatic N) is 3. The lowest BCUT2D eigenvalue weighted by molar-refractivity contribution is -0.148. The second-order valence-electron chi connectivity index (χ2n) is 6.96. The predicted octanol–water partition coefficient (Wildman–Crippen LogP) is 3.35. The van der Waals surface area contributed by atoms with Gasteiger partial charge < -0.3 is 15.2 Å². The Kier molecular flexibility index (Phi) is 7.08. The second-order valence-corrected chi connectivity index (χ2v) is 6.96. The van der Waals surface area contributed by atoms with Crippen LogP contribution in [0.5, 0.6) is 0 Å². The summed E-state index contributed by atoms with van der Waals surface area (Å²) in [5.74, 6) is -4.94. The summed E-state index contributed by atoms with van der Waals surface area (Å²) in [6.45, 7) is 1.35. The summed E-state index contributed by atoms with van der Waals surface area (Å²) in [5.41, 5.74) is 6.17. The van der Waals surface area contributed by atoms with Crippen molar-refractivity contribution in [2.24, 2.45) is 5.73 Å². The van der Waals surface area contributed by atoms with Gasteiger partial charge >= 0.3 is 6.18 Å². The van der Waals surface area contributed by atoms with E-state index in [-0.39, 0.29) is 61.8 Å². The molecule has 2 aromatic rings. The molecule has 0 bridgehead atoms. The van der Waals surface area contributed by atoms with Gasteiger partial charge in [0.05, 0.1) is 17.9 Å². The van der Waals surface area contributed by atoms with Gasteiger partial charge in [0, 0.05) is 31.6 Å². The van der Waals surface area contributed by atoms with Crippen LogP contribution in [0.3, 0.4) is 0 Å². The number of alkyl halides is 3. The van der Waals surface area contributed by atoms with E-state index >= 15 is 0 Å². The largest absolute Gasteiger partial charge is 0.449 e. The fraction of sp³-hybridized carbons (Fsp3) is 0.444. The van der Waals surface area contributed by atoms with E-state index in [9.17, 15) is 31.1 Å². The first-order valence-corrected chi connectivity index (χ1v) is 8.77. The predicted molar refractivity (Wildman–Crippen MR) is 97.2 cm³/mol. The second kappa shape index (κ2) is 8.84. The Morgan fingerprint density at radius 1 is 1.17 bits per heavy atom. The SMILES string of the molecule is Cc1nc(C(F)(F)F)n2c1CN(C(=O)C[C@H](N)Cc1cc(F)c(F)cc1F)CC2.Cl. The lowest BCUT2D eigenvalue weighted by Gasteiger charge is -2.30. The highest BCUT2D eigenvalue weighted by atomic mass is 35.5. The first kappa shape index (κ1) is 24.0. The van der Waals surface area contributed by atoms with Crippen molar-refractivity contribution in [2.75, 3.05) is 6.54 Å². The van der Waals surface area contributed by atoms with Gasteiger partial charge in [0.25, 0.3) is 0 Å². The van der Waals surface area contributed by atoms with Gasteiger partial charge in [-0.1, -0.05) is 0 Å². The van der Waals surface area contributed by atoms with Gasteiger partial charge in [-0.05, 0) is 25.0 Å². The van der Waals surface area contributed by atoms with Crippen molar-refractivity contribution in [1.29, 1.82) is 0 Å². The third kappa shape index (κ3) is 4.89. The number of imidazole rings is 1. The molecule has 0 saturated carbocycles. The van der Waals surface area contributed by atoms with E-state index in [0.29, 0.717) is 12.1 Å².